The topological polar surface area (TPSA) is 76.7 Å². The van der Waals surface area contributed by atoms with E-state index in [4.69, 9.17) is 9.47 Å². The molecule has 0 fully saturated rings. The Labute approximate surface area is 242 Å². The summed E-state index contributed by atoms with van der Waals surface area (Å²) in [6, 6.07) is 23.3. The number of carbonyl (C=O) groups is 2. The van der Waals surface area contributed by atoms with Crippen LogP contribution in [0.5, 0.6) is 11.5 Å². The molecule has 0 bridgehead atoms. The maximum atomic E-state index is 13.1. The number of rotatable bonds is 0. The molecule has 6 nitrogen and oxygen atoms in total. The first kappa shape index (κ1) is 27.9. The van der Waals surface area contributed by atoms with E-state index in [1.807, 2.05) is 72.8 Å². The Morgan fingerprint density at radius 3 is 1.43 bits per heavy atom. The van der Waals surface area contributed by atoms with E-state index in [1.54, 1.807) is 23.5 Å². The van der Waals surface area contributed by atoms with Crippen molar-refractivity contribution >= 4 is 56.9 Å². The molecule has 0 atom stereocenters. The van der Waals surface area contributed by atoms with Gasteiger partial charge in [-0.1, -0.05) is 55.1 Å². The number of nitrogens with one attached hydrogen (secondary N) is 2. The molecule has 5 rings (SSSR count). The van der Waals surface area contributed by atoms with Crippen molar-refractivity contribution in [3.63, 3.8) is 0 Å². The van der Waals surface area contributed by atoms with Crippen LogP contribution in [0.25, 0.3) is 21.5 Å². The van der Waals surface area contributed by atoms with Crippen LogP contribution in [-0.4, -0.2) is 61.1 Å². The molecule has 206 valence electrons. The second-order valence-electron chi connectivity index (χ2n) is 9.45. The second kappa shape index (κ2) is 13.6. The highest BCUT2D eigenvalue weighted by Crippen LogP contribution is 2.28. The summed E-state index contributed by atoms with van der Waals surface area (Å²) in [5, 5.41) is 9.99. The van der Waals surface area contributed by atoms with E-state index < -0.39 is 0 Å². The predicted molar refractivity (Wildman–Crippen MR) is 167 cm³/mol. The Bertz CT molecular complexity index is 1430. The van der Waals surface area contributed by atoms with Gasteiger partial charge < -0.3 is 20.1 Å². The third-order valence-electron chi connectivity index (χ3n) is 6.48. The molecule has 1 aliphatic rings. The maximum Gasteiger partial charge on any atom is 0.255 e. The first-order chi connectivity index (χ1) is 19.6. The van der Waals surface area contributed by atoms with Gasteiger partial charge in [-0.15, -0.1) is 0 Å². The number of benzene rings is 4. The number of carbonyl (C=O) groups excluding carboxylic acids is 2. The largest absolute Gasteiger partial charge is 0.488 e. The quantitative estimate of drug-likeness (QED) is 0.254. The fraction of sp³-hybridized carbons (Fsp3) is 0.250. The van der Waals surface area contributed by atoms with E-state index in [-0.39, 0.29) is 25.0 Å². The third-order valence-corrected chi connectivity index (χ3v) is 8.71. The van der Waals surface area contributed by atoms with Gasteiger partial charge >= 0.3 is 0 Å². The number of thioether (sulfide) groups is 2. The molecule has 0 radical (unpaired) electrons. The van der Waals surface area contributed by atoms with Crippen LogP contribution < -0.4 is 20.1 Å². The van der Waals surface area contributed by atoms with Crippen molar-refractivity contribution in [2.24, 2.45) is 0 Å². The van der Waals surface area contributed by atoms with Crippen molar-refractivity contribution in [1.29, 1.82) is 0 Å². The average Bonchev–Trinajstić information content (AvgIpc) is 2.98. The molecule has 4 aromatic rings. The van der Waals surface area contributed by atoms with E-state index in [2.05, 4.69) is 17.2 Å². The molecule has 1 aliphatic heterocycles. The van der Waals surface area contributed by atoms with Crippen molar-refractivity contribution in [3.8, 4) is 11.5 Å². The predicted octanol–water partition coefficient (Wildman–Crippen LogP) is 5.95. The zero-order chi connectivity index (χ0) is 27.7. The minimum Gasteiger partial charge on any atom is -0.488 e. The van der Waals surface area contributed by atoms with Crippen LogP contribution in [-0.2, 0) is 0 Å². The highest BCUT2D eigenvalue weighted by molar-refractivity contribution is 8.02. The van der Waals surface area contributed by atoms with Crippen LogP contribution in [0.15, 0.2) is 84.9 Å². The lowest BCUT2D eigenvalue weighted by atomic mass is 10.1. The molecule has 0 aromatic heterocycles. The van der Waals surface area contributed by atoms with Gasteiger partial charge in [-0.2, -0.15) is 23.5 Å². The van der Waals surface area contributed by atoms with E-state index in [1.165, 1.54) is 0 Å². The maximum absolute atomic E-state index is 13.1. The molecular weight excluding hydrogens is 540 g/mol. The fourth-order valence-electron chi connectivity index (χ4n) is 4.42. The third kappa shape index (κ3) is 7.11. The monoisotopic (exact) mass is 572 g/mol. The van der Waals surface area contributed by atoms with E-state index in [9.17, 15) is 9.59 Å². The van der Waals surface area contributed by atoms with Gasteiger partial charge in [-0.05, 0) is 51.4 Å². The Morgan fingerprint density at radius 2 is 1.00 bits per heavy atom. The number of hydrogen-bond donors (Lipinski definition) is 2. The molecule has 0 spiro atoms. The zero-order valence-electron chi connectivity index (χ0n) is 22.2. The van der Waals surface area contributed by atoms with Crippen molar-refractivity contribution in [2.45, 2.75) is 0 Å². The SMILES string of the molecule is C=C1COc2cc3ccccc3cc2C(=O)NCCSCCSCCNC(=O)c2cc3ccccc3cc2OC1. The van der Waals surface area contributed by atoms with E-state index in [0.717, 1.165) is 44.6 Å². The molecule has 2 amide bonds. The normalized spacial score (nSPS) is 16.4. The summed E-state index contributed by atoms with van der Waals surface area (Å²) in [5.74, 6) is 4.28. The van der Waals surface area contributed by atoms with Gasteiger partial charge in [-0.25, -0.2) is 0 Å². The van der Waals surface area contributed by atoms with Gasteiger partial charge in [0.05, 0.1) is 11.1 Å². The van der Waals surface area contributed by atoms with Crippen LogP contribution in [0.4, 0.5) is 0 Å². The molecular formula is C32H32N2O4S2. The zero-order valence-corrected chi connectivity index (χ0v) is 23.9. The van der Waals surface area contributed by atoms with Gasteiger partial charge in [0.25, 0.3) is 11.8 Å². The minimum atomic E-state index is -0.158. The van der Waals surface area contributed by atoms with Gasteiger partial charge in [0.1, 0.15) is 24.7 Å². The van der Waals surface area contributed by atoms with Gasteiger partial charge in [0.2, 0.25) is 0 Å². The number of fused-ring (bicyclic) bond motifs is 4. The fourth-order valence-corrected chi connectivity index (χ4v) is 6.26. The Balaban J connectivity index is 1.39. The van der Waals surface area contributed by atoms with E-state index in [0.29, 0.717) is 41.3 Å². The van der Waals surface area contributed by atoms with E-state index >= 15 is 0 Å². The Morgan fingerprint density at radius 1 is 0.600 bits per heavy atom. The molecule has 4 aromatic carbocycles. The van der Waals surface area contributed by atoms with Gasteiger partial charge in [0, 0.05) is 36.1 Å². The summed E-state index contributed by atoms with van der Waals surface area (Å²) < 4.78 is 12.3. The summed E-state index contributed by atoms with van der Waals surface area (Å²) in [5.41, 5.74) is 1.66. The lowest BCUT2D eigenvalue weighted by molar-refractivity contribution is 0.0945. The first-order valence-electron chi connectivity index (χ1n) is 13.3. The standard InChI is InChI=1S/C32H32N2O4S2/c1-22-20-37-29-18-25-8-4-2-6-23(25)16-27(29)31(35)33-10-12-39-14-15-40-13-11-34-32(36)28-17-24-7-3-5-9-26(24)19-30(28)38-21-22/h2-9,16-19H,1,10-15,20-21H2,(H,33,35)(H,34,36). The summed E-state index contributed by atoms with van der Waals surface area (Å²) >= 11 is 3.60. The summed E-state index contributed by atoms with van der Waals surface area (Å²) in [6.45, 7) is 5.61. The second-order valence-corrected chi connectivity index (χ2v) is 11.9. The smallest absolute Gasteiger partial charge is 0.255 e. The first-order valence-corrected chi connectivity index (χ1v) is 15.6. The van der Waals surface area contributed by atoms with Crippen LogP contribution in [0, 0.1) is 0 Å². The highest BCUT2D eigenvalue weighted by atomic mass is 32.2. The van der Waals surface area contributed by atoms with Gasteiger partial charge in [0.15, 0.2) is 0 Å². The molecule has 8 heteroatoms. The van der Waals surface area contributed by atoms with Crippen LogP contribution in [0.3, 0.4) is 0 Å². The number of ether oxygens (including phenoxy) is 2. The lowest BCUT2D eigenvalue weighted by Crippen LogP contribution is -2.26. The molecule has 0 unspecified atom stereocenters. The number of amides is 2. The summed E-state index contributed by atoms with van der Waals surface area (Å²) in [4.78, 5) is 26.3. The van der Waals surface area contributed by atoms with Crippen LogP contribution in [0.2, 0.25) is 0 Å². The van der Waals surface area contributed by atoms with Crippen molar-refractivity contribution in [1.82, 2.24) is 10.6 Å². The van der Waals surface area contributed by atoms with Crippen molar-refractivity contribution in [3.05, 3.63) is 96.1 Å². The molecule has 0 saturated carbocycles. The Hall–Kier alpha value is -3.62. The summed E-state index contributed by atoms with van der Waals surface area (Å²) in [7, 11) is 0. The minimum absolute atomic E-state index is 0.158. The average molecular weight is 573 g/mol. The molecule has 0 saturated heterocycles. The molecule has 1 heterocycles. The molecule has 2 N–H and O–H groups in total. The molecule has 40 heavy (non-hydrogen) atoms. The van der Waals surface area contributed by atoms with Crippen LogP contribution >= 0.6 is 23.5 Å². The van der Waals surface area contributed by atoms with Crippen molar-refractivity contribution < 1.29 is 19.1 Å². The van der Waals surface area contributed by atoms with Crippen LogP contribution in [0.1, 0.15) is 20.7 Å². The van der Waals surface area contributed by atoms with Crippen molar-refractivity contribution in [2.75, 3.05) is 49.3 Å². The number of hydrogen-bond acceptors (Lipinski definition) is 6. The Kier molecular flexibility index (Phi) is 9.52. The molecule has 0 aliphatic carbocycles. The summed E-state index contributed by atoms with van der Waals surface area (Å²) in [6.07, 6.45) is 0. The lowest BCUT2D eigenvalue weighted by Gasteiger charge is -2.16. The highest BCUT2D eigenvalue weighted by Gasteiger charge is 2.17. The van der Waals surface area contributed by atoms with Gasteiger partial charge in [-0.3, -0.25) is 9.59 Å².